The second kappa shape index (κ2) is 4.77. The Bertz CT molecular complexity index is 341. The summed E-state index contributed by atoms with van der Waals surface area (Å²) < 4.78 is 16.3. The van der Waals surface area contributed by atoms with Gasteiger partial charge in [-0.25, -0.2) is 0 Å². The lowest BCUT2D eigenvalue weighted by Gasteiger charge is -2.25. The van der Waals surface area contributed by atoms with Gasteiger partial charge in [0.05, 0.1) is 12.9 Å². The van der Waals surface area contributed by atoms with Crippen molar-refractivity contribution in [3.8, 4) is 11.5 Å². The van der Waals surface area contributed by atoms with Gasteiger partial charge in [0, 0.05) is 17.6 Å². The Kier molecular flexibility index (Phi) is 3.38. The number of fused-ring (bicyclic) bond motifs is 1. The highest BCUT2D eigenvalue weighted by atomic mass is 32.2. The number of methoxy groups -OCH3 is 1. The minimum Gasteiger partial charge on any atom is -0.497 e. The third kappa shape index (κ3) is 2.38. The van der Waals surface area contributed by atoms with Crippen LogP contribution in [0.3, 0.4) is 0 Å². The van der Waals surface area contributed by atoms with Gasteiger partial charge in [-0.05, 0) is 19.1 Å². The summed E-state index contributed by atoms with van der Waals surface area (Å²) in [5, 5.41) is 0. The molecule has 0 spiro atoms. The second-order valence-electron chi connectivity index (χ2n) is 3.13. The third-order valence-electron chi connectivity index (χ3n) is 2.14. The first-order chi connectivity index (χ1) is 7.33. The van der Waals surface area contributed by atoms with Crippen LogP contribution in [0.15, 0.2) is 23.1 Å². The van der Waals surface area contributed by atoms with Gasteiger partial charge in [0.25, 0.3) is 0 Å². The minimum atomic E-state index is -0.139. The first-order valence-electron chi connectivity index (χ1n) is 4.92. The number of hydrogen-bond acceptors (Lipinski definition) is 4. The summed E-state index contributed by atoms with van der Waals surface area (Å²) in [7, 11) is 1.65. The lowest BCUT2D eigenvalue weighted by atomic mass is 10.3. The van der Waals surface area contributed by atoms with Gasteiger partial charge in [0.1, 0.15) is 11.5 Å². The lowest BCUT2D eigenvalue weighted by molar-refractivity contribution is -0.0615. The van der Waals surface area contributed by atoms with E-state index in [1.807, 2.05) is 25.1 Å². The van der Waals surface area contributed by atoms with E-state index < -0.39 is 0 Å². The van der Waals surface area contributed by atoms with E-state index in [1.165, 1.54) is 0 Å². The number of rotatable bonds is 3. The predicted octanol–water partition coefficient (Wildman–Crippen LogP) is 2.54. The van der Waals surface area contributed by atoms with Gasteiger partial charge < -0.3 is 14.2 Å². The molecule has 1 aromatic rings. The molecule has 1 atom stereocenters. The average Bonchev–Trinajstić information content (AvgIpc) is 2.28. The second-order valence-corrected chi connectivity index (χ2v) is 4.19. The highest BCUT2D eigenvalue weighted by Crippen LogP contribution is 2.37. The quantitative estimate of drug-likeness (QED) is 0.791. The summed E-state index contributed by atoms with van der Waals surface area (Å²) in [5.41, 5.74) is 0. The van der Waals surface area contributed by atoms with E-state index >= 15 is 0 Å². The summed E-state index contributed by atoms with van der Waals surface area (Å²) in [4.78, 5) is 1.15. The summed E-state index contributed by atoms with van der Waals surface area (Å²) in [6.45, 7) is 2.64. The van der Waals surface area contributed by atoms with Crippen molar-refractivity contribution in [1.29, 1.82) is 0 Å². The Morgan fingerprint density at radius 1 is 1.53 bits per heavy atom. The Balaban J connectivity index is 2.16. The number of hydrogen-bond donors (Lipinski definition) is 0. The van der Waals surface area contributed by atoms with Crippen molar-refractivity contribution >= 4 is 11.8 Å². The van der Waals surface area contributed by atoms with Crippen LogP contribution in [0.4, 0.5) is 0 Å². The molecule has 1 aliphatic heterocycles. The molecule has 0 saturated carbocycles. The molecule has 0 amide bonds. The largest absolute Gasteiger partial charge is 0.497 e. The SMILES string of the molecule is CCOC1CSc2ccc(OC)cc2O1. The summed E-state index contributed by atoms with van der Waals surface area (Å²) in [6, 6.07) is 5.85. The van der Waals surface area contributed by atoms with Gasteiger partial charge in [-0.1, -0.05) is 0 Å². The molecule has 1 aromatic carbocycles. The number of benzene rings is 1. The van der Waals surface area contributed by atoms with Crippen molar-refractivity contribution in [2.45, 2.75) is 18.1 Å². The molecule has 0 bridgehead atoms. The molecule has 0 aromatic heterocycles. The predicted molar refractivity (Wildman–Crippen MR) is 59.8 cm³/mol. The van der Waals surface area contributed by atoms with E-state index in [4.69, 9.17) is 14.2 Å². The number of ether oxygens (including phenoxy) is 3. The van der Waals surface area contributed by atoms with Crippen LogP contribution in [0.2, 0.25) is 0 Å². The van der Waals surface area contributed by atoms with E-state index in [2.05, 4.69) is 0 Å². The maximum atomic E-state index is 5.69. The molecule has 0 aliphatic carbocycles. The maximum Gasteiger partial charge on any atom is 0.209 e. The monoisotopic (exact) mass is 226 g/mol. The molecule has 3 nitrogen and oxygen atoms in total. The molecule has 4 heteroatoms. The first-order valence-corrected chi connectivity index (χ1v) is 5.91. The summed E-state index contributed by atoms with van der Waals surface area (Å²) in [6.07, 6.45) is -0.139. The van der Waals surface area contributed by atoms with E-state index in [1.54, 1.807) is 18.9 Å². The van der Waals surface area contributed by atoms with Crippen LogP contribution in [0.25, 0.3) is 0 Å². The van der Waals surface area contributed by atoms with Crippen LogP contribution >= 0.6 is 11.8 Å². The molecule has 0 radical (unpaired) electrons. The van der Waals surface area contributed by atoms with Crippen LogP contribution in [0, 0.1) is 0 Å². The molecule has 0 fully saturated rings. The van der Waals surface area contributed by atoms with Crippen molar-refractivity contribution in [2.24, 2.45) is 0 Å². The van der Waals surface area contributed by atoms with Gasteiger partial charge >= 0.3 is 0 Å². The normalized spacial score (nSPS) is 19.2. The van der Waals surface area contributed by atoms with Crippen LogP contribution in [-0.2, 0) is 4.74 Å². The van der Waals surface area contributed by atoms with E-state index in [0.717, 1.165) is 22.1 Å². The zero-order valence-corrected chi connectivity index (χ0v) is 9.67. The van der Waals surface area contributed by atoms with Crippen molar-refractivity contribution in [3.63, 3.8) is 0 Å². The fraction of sp³-hybridized carbons (Fsp3) is 0.455. The summed E-state index contributed by atoms with van der Waals surface area (Å²) in [5.74, 6) is 2.50. The Morgan fingerprint density at radius 2 is 2.40 bits per heavy atom. The molecular formula is C11H14O3S. The van der Waals surface area contributed by atoms with Crippen LogP contribution in [0.1, 0.15) is 6.92 Å². The molecule has 0 N–H and O–H groups in total. The lowest BCUT2D eigenvalue weighted by Crippen LogP contribution is -2.26. The van der Waals surface area contributed by atoms with Crippen molar-refractivity contribution in [2.75, 3.05) is 19.5 Å². The Hall–Kier alpha value is -0.870. The molecule has 0 saturated heterocycles. The minimum absolute atomic E-state index is 0.139. The molecule has 15 heavy (non-hydrogen) atoms. The van der Waals surface area contributed by atoms with Gasteiger partial charge in [0.2, 0.25) is 6.29 Å². The zero-order valence-electron chi connectivity index (χ0n) is 8.86. The van der Waals surface area contributed by atoms with Gasteiger partial charge in [-0.15, -0.1) is 11.8 Å². The van der Waals surface area contributed by atoms with Crippen molar-refractivity contribution < 1.29 is 14.2 Å². The van der Waals surface area contributed by atoms with Crippen LogP contribution in [-0.4, -0.2) is 25.8 Å². The Labute approximate surface area is 93.7 Å². The van der Waals surface area contributed by atoms with Crippen LogP contribution < -0.4 is 9.47 Å². The van der Waals surface area contributed by atoms with Crippen LogP contribution in [0.5, 0.6) is 11.5 Å². The van der Waals surface area contributed by atoms with Gasteiger partial charge in [0.15, 0.2) is 0 Å². The van der Waals surface area contributed by atoms with E-state index in [9.17, 15) is 0 Å². The highest BCUT2D eigenvalue weighted by molar-refractivity contribution is 7.99. The Morgan fingerprint density at radius 3 is 3.13 bits per heavy atom. The number of thioether (sulfide) groups is 1. The molecule has 1 heterocycles. The third-order valence-corrected chi connectivity index (χ3v) is 3.22. The van der Waals surface area contributed by atoms with E-state index in [-0.39, 0.29) is 6.29 Å². The fourth-order valence-electron chi connectivity index (χ4n) is 1.43. The first kappa shape index (κ1) is 10.6. The standard InChI is InChI=1S/C11H14O3S/c1-3-13-11-7-15-10-5-4-8(12-2)6-9(10)14-11/h4-6,11H,3,7H2,1-2H3. The molecule has 82 valence electrons. The maximum absolute atomic E-state index is 5.69. The molecule has 2 rings (SSSR count). The topological polar surface area (TPSA) is 27.7 Å². The van der Waals surface area contributed by atoms with Gasteiger partial charge in [-0.2, -0.15) is 0 Å². The molecule has 1 aliphatic rings. The smallest absolute Gasteiger partial charge is 0.209 e. The zero-order chi connectivity index (χ0) is 10.7. The summed E-state index contributed by atoms with van der Waals surface area (Å²) >= 11 is 1.75. The average molecular weight is 226 g/mol. The van der Waals surface area contributed by atoms with Crippen molar-refractivity contribution in [1.82, 2.24) is 0 Å². The van der Waals surface area contributed by atoms with Crippen molar-refractivity contribution in [3.05, 3.63) is 18.2 Å². The molecule has 1 unspecified atom stereocenters. The fourth-order valence-corrected chi connectivity index (χ4v) is 2.32. The molecular weight excluding hydrogens is 212 g/mol. The van der Waals surface area contributed by atoms with Gasteiger partial charge in [-0.3, -0.25) is 0 Å². The van der Waals surface area contributed by atoms with E-state index in [0.29, 0.717) is 6.61 Å². The highest BCUT2D eigenvalue weighted by Gasteiger charge is 2.20.